The molecule has 0 bridgehead atoms. The average molecular weight is 411 g/mol. The Kier molecular flexibility index (Phi) is 5.76. The number of carbonyl (C=O) groups excluding carboxylic acids is 1. The van der Waals surface area contributed by atoms with E-state index in [2.05, 4.69) is 5.32 Å². The van der Waals surface area contributed by atoms with Gasteiger partial charge in [0.25, 0.3) is 5.91 Å². The van der Waals surface area contributed by atoms with Gasteiger partial charge in [-0.25, -0.2) is 8.42 Å². The largest absolute Gasteiger partial charge is 0.497 e. The topological polar surface area (TPSA) is 84.9 Å². The number of hydrogen-bond donors (Lipinski definition) is 1. The summed E-state index contributed by atoms with van der Waals surface area (Å²) in [5.41, 5.74) is 0.802. The summed E-state index contributed by atoms with van der Waals surface area (Å²) >= 11 is 6.15. The number of hydrogen-bond acceptors (Lipinski definition) is 5. The molecule has 1 aliphatic heterocycles. The van der Waals surface area contributed by atoms with E-state index in [1.54, 1.807) is 49.6 Å². The molecule has 7 nitrogen and oxygen atoms in total. The minimum atomic E-state index is -3.36. The number of rotatable bonds is 6. The summed E-state index contributed by atoms with van der Waals surface area (Å²) in [6.07, 6.45) is 0.545. The van der Waals surface area contributed by atoms with Gasteiger partial charge in [0.15, 0.2) is 6.61 Å². The highest BCUT2D eigenvalue weighted by molar-refractivity contribution is 7.93. The highest BCUT2D eigenvalue weighted by Crippen LogP contribution is 2.33. The zero-order valence-electron chi connectivity index (χ0n) is 14.6. The van der Waals surface area contributed by atoms with Crippen LogP contribution >= 0.6 is 11.6 Å². The standard InChI is InChI=1S/C18H19ClN2O5S/c1-25-14-4-2-5-15(11-14)26-12-18(22)20-13-6-7-16(19)17(10-13)21-8-3-9-27(21,23)24/h2,4-7,10-11H,3,8-9,12H2,1H3,(H,20,22). The van der Waals surface area contributed by atoms with Crippen molar-refractivity contribution in [3.05, 3.63) is 47.5 Å². The molecule has 144 valence electrons. The second-order valence-electron chi connectivity index (χ2n) is 5.92. The first kappa shape index (κ1) is 19.3. The number of ether oxygens (including phenoxy) is 2. The molecule has 2 aromatic rings. The van der Waals surface area contributed by atoms with Crippen LogP contribution in [0.1, 0.15) is 6.42 Å². The maximum atomic E-state index is 12.2. The molecule has 3 rings (SSSR count). The van der Waals surface area contributed by atoms with E-state index in [1.807, 2.05) is 0 Å². The summed E-state index contributed by atoms with van der Waals surface area (Å²) in [6.45, 7) is 0.172. The highest BCUT2D eigenvalue weighted by Gasteiger charge is 2.30. The number of benzene rings is 2. The first-order chi connectivity index (χ1) is 12.9. The van der Waals surface area contributed by atoms with Crippen LogP contribution in [0, 0.1) is 0 Å². The van der Waals surface area contributed by atoms with Gasteiger partial charge in [-0.2, -0.15) is 0 Å². The van der Waals surface area contributed by atoms with Crippen molar-refractivity contribution in [2.24, 2.45) is 0 Å². The predicted octanol–water partition coefficient (Wildman–Crippen LogP) is 2.91. The molecule has 1 heterocycles. The fourth-order valence-corrected chi connectivity index (χ4v) is 4.57. The fourth-order valence-electron chi connectivity index (χ4n) is 2.73. The van der Waals surface area contributed by atoms with Gasteiger partial charge in [0, 0.05) is 18.3 Å². The van der Waals surface area contributed by atoms with Gasteiger partial charge in [-0.3, -0.25) is 9.10 Å². The fraction of sp³-hybridized carbons (Fsp3) is 0.278. The van der Waals surface area contributed by atoms with Crippen molar-refractivity contribution in [1.82, 2.24) is 0 Å². The van der Waals surface area contributed by atoms with Crippen molar-refractivity contribution in [3.63, 3.8) is 0 Å². The third-order valence-electron chi connectivity index (χ3n) is 4.01. The van der Waals surface area contributed by atoms with E-state index in [-0.39, 0.29) is 18.3 Å². The second-order valence-corrected chi connectivity index (χ2v) is 8.34. The average Bonchev–Trinajstić information content (AvgIpc) is 3.00. The maximum Gasteiger partial charge on any atom is 0.262 e. The summed E-state index contributed by atoms with van der Waals surface area (Å²) in [7, 11) is -1.81. The minimum absolute atomic E-state index is 0.0916. The van der Waals surface area contributed by atoms with Crippen molar-refractivity contribution in [2.45, 2.75) is 6.42 Å². The summed E-state index contributed by atoms with van der Waals surface area (Å²) in [4.78, 5) is 12.2. The number of amides is 1. The lowest BCUT2D eigenvalue weighted by Gasteiger charge is -2.19. The summed E-state index contributed by atoms with van der Waals surface area (Å²) in [5.74, 6) is 0.843. The lowest BCUT2D eigenvalue weighted by Crippen LogP contribution is -2.26. The van der Waals surface area contributed by atoms with Crippen molar-refractivity contribution in [2.75, 3.05) is 35.6 Å². The molecule has 0 atom stereocenters. The molecule has 9 heteroatoms. The lowest BCUT2D eigenvalue weighted by atomic mass is 10.2. The Bertz CT molecular complexity index is 949. The quantitative estimate of drug-likeness (QED) is 0.791. The number of halogens is 1. The molecule has 0 spiro atoms. The second kappa shape index (κ2) is 8.06. The van der Waals surface area contributed by atoms with Gasteiger partial charge in [0.1, 0.15) is 11.5 Å². The molecule has 0 aromatic heterocycles. The smallest absolute Gasteiger partial charge is 0.262 e. The van der Waals surface area contributed by atoms with E-state index >= 15 is 0 Å². The van der Waals surface area contributed by atoms with E-state index in [4.69, 9.17) is 21.1 Å². The van der Waals surface area contributed by atoms with Crippen LogP contribution in [0.15, 0.2) is 42.5 Å². The molecule has 1 saturated heterocycles. The van der Waals surface area contributed by atoms with Crippen LogP contribution in [0.4, 0.5) is 11.4 Å². The van der Waals surface area contributed by atoms with Gasteiger partial charge in [-0.1, -0.05) is 17.7 Å². The van der Waals surface area contributed by atoms with Crippen molar-refractivity contribution >= 4 is 38.9 Å². The van der Waals surface area contributed by atoms with Crippen LogP contribution in [0.5, 0.6) is 11.5 Å². The van der Waals surface area contributed by atoms with Crippen molar-refractivity contribution in [3.8, 4) is 11.5 Å². The predicted molar refractivity (Wildman–Crippen MR) is 104 cm³/mol. The Morgan fingerprint density at radius 1 is 1.22 bits per heavy atom. The Morgan fingerprint density at radius 2 is 2.00 bits per heavy atom. The molecule has 1 N–H and O–H groups in total. The SMILES string of the molecule is COc1cccc(OCC(=O)Nc2ccc(Cl)c(N3CCCS3(=O)=O)c2)c1. The molecule has 0 saturated carbocycles. The van der Waals surface area contributed by atoms with E-state index in [0.717, 1.165) is 0 Å². The number of nitrogens with one attached hydrogen (secondary N) is 1. The van der Waals surface area contributed by atoms with E-state index in [9.17, 15) is 13.2 Å². The molecule has 1 aliphatic rings. The summed E-state index contributed by atoms with van der Waals surface area (Å²) in [6, 6.07) is 11.6. The maximum absolute atomic E-state index is 12.2. The number of carbonyl (C=O) groups is 1. The van der Waals surface area contributed by atoms with Crippen LogP contribution in [0.2, 0.25) is 5.02 Å². The Hall–Kier alpha value is -2.45. The first-order valence-electron chi connectivity index (χ1n) is 8.26. The minimum Gasteiger partial charge on any atom is -0.497 e. The summed E-state index contributed by atoms with van der Waals surface area (Å²) in [5, 5.41) is 3.00. The van der Waals surface area contributed by atoms with Crippen LogP contribution in [0.3, 0.4) is 0 Å². The molecule has 0 aliphatic carbocycles. The number of sulfonamides is 1. The number of methoxy groups -OCH3 is 1. The van der Waals surface area contributed by atoms with E-state index in [1.165, 1.54) is 4.31 Å². The number of nitrogens with zero attached hydrogens (tertiary/aromatic N) is 1. The lowest BCUT2D eigenvalue weighted by molar-refractivity contribution is -0.118. The van der Waals surface area contributed by atoms with Crippen LogP contribution in [0.25, 0.3) is 0 Å². The third kappa shape index (κ3) is 4.64. The molecule has 0 radical (unpaired) electrons. The molecule has 0 unspecified atom stereocenters. The normalized spacial score (nSPS) is 15.4. The zero-order chi connectivity index (χ0) is 19.4. The van der Waals surface area contributed by atoms with Crippen molar-refractivity contribution < 1.29 is 22.7 Å². The van der Waals surface area contributed by atoms with Crippen LogP contribution in [-0.4, -0.2) is 40.3 Å². The van der Waals surface area contributed by atoms with Gasteiger partial charge >= 0.3 is 0 Å². The van der Waals surface area contributed by atoms with E-state index in [0.29, 0.717) is 40.9 Å². The first-order valence-corrected chi connectivity index (χ1v) is 10.2. The van der Waals surface area contributed by atoms with Gasteiger partial charge in [0.2, 0.25) is 10.0 Å². The molecular formula is C18H19ClN2O5S. The van der Waals surface area contributed by atoms with Gasteiger partial charge in [0.05, 0.1) is 23.6 Å². The molecule has 1 amide bonds. The Balaban J connectivity index is 1.66. The monoisotopic (exact) mass is 410 g/mol. The molecule has 1 fully saturated rings. The molecule has 27 heavy (non-hydrogen) atoms. The Morgan fingerprint density at radius 3 is 2.70 bits per heavy atom. The molecular weight excluding hydrogens is 392 g/mol. The zero-order valence-corrected chi connectivity index (χ0v) is 16.2. The van der Waals surface area contributed by atoms with Gasteiger partial charge in [-0.05, 0) is 36.8 Å². The van der Waals surface area contributed by atoms with Gasteiger partial charge < -0.3 is 14.8 Å². The summed E-state index contributed by atoms with van der Waals surface area (Å²) < 4.78 is 36.0. The highest BCUT2D eigenvalue weighted by atomic mass is 35.5. The number of anilines is 2. The van der Waals surface area contributed by atoms with Crippen molar-refractivity contribution in [1.29, 1.82) is 0 Å². The van der Waals surface area contributed by atoms with E-state index < -0.39 is 10.0 Å². The molecule has 2 aromatic carbocycles. The Labute approximate surface area is 162 Å². The van der Waals surface area contributed by atoms with Gasteiger partial charge in [-0.15, -0.1) is 0 Å². The van der Waals surface area contributed by atoms with Crippen LogP contribution in [-0.2, 0) is 14.8 Å². The third-order valence-corrected chi connectivity index (χ3v) is 6.18. The van der Waals surface area contributed by atoms with Crippen LogP contribution < -0.4 is 19.1 Å².